The number of carbonyl (C=O) groups excluding carboxylic acids is 3. The lowest BCUT2D eigenvalue weighted by Crippen LogP contribution is -2.33. The highest BCUT2D eigenvalue weighted by Crippen LogP contribution is 2.36. The Bertz CT molecular complexity index is 1010. The summed E-state index contributed by atoms with van der Waals surface area (Å²) in [5.74, 6) is -0.226. The van der Waals surface area contributed by atoms with Gasteiger partial charge in [0, 0.05) is 23.6 Å². The van der Waals surface area contributed by atoms with Gasteiger partial charge in [0.25, 0.3) is 11.8 Å². The third-order valence-electron chi connectivity index (χ3n) is 5.26. The Labute approximate surface area is 172 Å². The molecule has 1 atom stereocenters. The molecule has 0 radical (unpaired) electrons. The lowest BCUT2D eigenvalue weighted by Gasteiger charge is -2.26. The van der Waals surface area contributed by atoms with E-state index in [0.717, 1.165) is 28.2 Å². The Kier molecular flexibility index (Phi) is 5.41. The van der Waals surface area contributed by atoms with Crippen molar-refractivity contribution in [2.24, 2.45) is 0 Å². The highest BCUT2D eigenvalue weighted by Gasteiger charge is 2.35. The number of rotatable bonds is 5. The summed E-state index contributed by atoms with van der Waals surface area (Å²) < 4.78 is 13.6. The van der Waals surface area contributed by atoms with Crippen molar-refractivity contribution in [1.29, 1.82) is 0 Å². The van der Waals surface area contributed by atoms with E-state index in [1.54, 1.807) is 30.0 Å². The number of nitrogens with one attached hydrogen (secondary N) is 1. The van der Waals surface area contributed by atoms with Crippen LogP contribution in [-0.4, -0.2) is 34.9 Å². The molecule has 0 aliphatic carbocycles. The summed E-state index contributed by atoms with van der Waals surface area (Å²) >= 11 is 1.66. The number of benzene rings is 2. The normalized spacial score (nSPS) is 17.9. The third kappa shape index (κ3) is 3.92. The fourth-order valence-electron chi connectivity index (χ4n) is 3.79. The Hall–Kier alpha value is -2.67. The number of nitrogens with zero attached hydrogens (tertiary/aromatic N) is 1. The second kappa shape index (κ2) is 7.99. The average molecular weight is 412 g/mol. The first kappa shape index (κ1) is 19.6. The largest absolute Gasteiger partial charge is 0.349 e. The van der Waals surface area contributed by atoms with Crippen LogP contribution in [0.2, 0.25) is 0 Å². The summed E-state index contributed by atoms with van der Waals surface area (Å²) in [5, 5.41) is 2.97. The summed E-state index contributed by atoms with van der Waals surface area (Å²) in [7, 11) is 0. The summed E-state index contributed by atoms with van der Waals surface area (Å²) in [6, 6.07) is 9.65. The van der Waals surface area contributed by atoms with Crippen LogP contribution in [0.3, 0.4) is 0 Å². The van der Waals surface area contributed by atoms with E-state index in [4.69, 9.17) is 0 Å². The maximum atomic E-state index is 13.6. The van der Waals surface area contributed by atoms with Gasteiger partial charge < -0.3 is 5.32 Å². The number of hydrogen-bond donors (Lipinski definition) is 1. The number of aryl methyl sites for hydroxylation is 1. The second-order valence-corrected chi connectivity index (χ2v) is 8.49. The molecule has 0 bridgehead atoms. The van der Waals surface area contributed by atoms with Crippen molar-refractivity contribution in [2.45, 2.75) is 37.1 Å². The van der Waals surface area contributed by atoms with Gasteiger partial charge in [-0.2, -0.15) is 0 Å². The highest BCUT2D eigenvalue weighted by atomic mass is 32.2. The molecule has 2 aromatic carbocycles. The summed E-state index contributed by atoms with van der Waals surface area (Å²) in [5.41, 5.74) is 2.58. The van der Waals surface area contributed by atoms with Crippen molar-refractivity contribution < 1.29 is 18.8 Å². The highest BCUT2D eigenvalue weighted by molar-refractivity contribution is 7.99. The van der Waals surface area contributed by atoms with Crippen LogP contribution in [0.1, 0.15) is 57.1 Å². The van der Waals surface area contributed by atoms with Crippen molar-refractivity contribution >= 4 is 29.5 Å². The van der Waals surface area contributed by atoms with E-state index in [0.29, 0.717) is 17.5 Å². The molecule has 2 aliphatic heterocycles. The molecule has 7 heteroatoms. The first-order valence-corrected chi connectivity index (χ1v) is 10.6. The number of thioether (sulfide) groups is 1. The summed E-state index contributed by atoms with van der Waals surface area (Å²) in [6.07, 6.45) is 1.32. The molecular formula is C22H21FN2O3S. The van der Waals surface area contributed by atoms with Gasteiger partial charge in [-0.25, -0.2) is 4.39 Å². The second-order valence-electron chi connectivity index (χ2n) is 7.35. The number of carbonyl (C=O) groups is 3. The molecule has 150 valence electrons. The first-order chi connectivity index (χ1) is 13.9. The fourth-order valence-corrected chi connectivity index (χ4v) is 4.89. The van der Waals surface area contributed by atoms with Gasteiger partial charge in [0.1, 0.15) is 5.82 Å². The maximum absolute atomic E-state index is 13.6. The van der Waals surface area contributed by atoms with E-state index in [1.807, 2.05) is 13.0 Å². The van der Waals surface area contributed by atoms with Crippen molar-refractivity contribution in [3.05, 3.63) is 64.5 Å². The van der Waals surface area contributed by atoms with Crippen LogP contribution in [0, 0.1) is 12.7 Å². The lowest BCUT2D eigenvalue weighted by atomic mass is 10.0. The maximum Gasteiger partial charge on any atom is 0.261 e. The molecular weight excluding hydrogens is 391 g/mol. The predicted octanol–water partition coefficient (Wildman–Crippen LogP) is 3.86. The molecule has 0 saturated heterocycles. The van der Waals surface area contributed by atoms with Crippen LogP contribution < -0.4 is 5.32 Å². The molecule has 0 fully saturated rings. The number of fused-ring (bicyclic) bond motifs is 2. The smallest absolute Gasteiger partial charge is 0.261 e. The molecule has 2 heterocycles. The van der Waals surface area contributed by atoms with Crippen LogP contribution >= 0.6 is 11.8 Å². The summed E-state index contributed by atoms with van der Waals surface area (Å²) in [4.78, 5) is 39.5. The Morgan fingerprint density at radius 2 is 1.97 bits per heavy atom. The molecule has 1 unspecified atom stereocenters. The standard InChI is InChI=1S/C22H21FN2O3S/c1-13-4-6-15-16(11-13)22(28)25(21(15)27)9-2-3-20(26)24-18-8-10-29-19-7-5-14(23)12-17(18)19/h4-7,11-12,18H,2-3,8-10H2,1H3,(H,24,26). The van der Waals surface area contributed by atoms with Gasteiger partial charge in [-0.1, -0.05) is 11.6 Å². The van der Waals surface area contributed by atoms with E-state index in [2.05, 4.69) is 5.32 Å². The van der Waals surface area contributed by atoms with E-state index in [-0.39, 0.29) is 42.5 Å². The van der Waals surface area contributed by atoms with Gasteiger partial charge in [0.05, 0.1) is 17.2 Å². The number of imide groups is 1. The van der Waals surface area contributed by atoms with E-state index in [9.17, 15) is 18.8 Å². The van der Waals surface area contributed by atoms with Crippen LogP contribution in [0.4, 0.5) is 4.39 Å². The van der Waals surface area contributed by atoms with Crippen molar-refractivity contribution in [1.82, 2.24) is 10.2 Å². The molecule has 0 spiro atoms. The Morgan fingerprint density at radius 1 is 1.17 bits per heavy atom. The summed E-state index contributed by atoms with van der Waals surface area (Å²) in [6.45, 7) is 2.07. The fraction of sp³-hybridized carbons (Fsp3) is 0.318. The number of hydrogen-bond acceptors (Lipinski definition) is 4. The molecule has 3 amide bonds. The van der Waals surface area contributed by atoms with Crippen LogP contribution in [-0.2, 0) is 4.79 Å². The van der Waals surface area contributed by atoms with Crippen molar-refractivity contribution in [3.8, 4) is 0 Å². The molecule has 0 aromatic heterocycles. The topological polar surface area (TPSA) is 66.5 Å². The minimum absolute atomic E-state index is 0.162. The van der Waals surface area contributed by atoms with Gasteiger partial charge in [0.2, 0.25) is 5.91 Å². The molecule has 29 heavy (non-hydrogen) atoms. The van der Waals surface area contributed by atoms with Gasteiger partial charge in [-0.15, -0.1) is 11.8 Å². The molecule has 2 aromatic rings. The first-order valence-electron chi connectivity index (χ1n) is 9.62. The number of amides is 3. The molecule has 2 aliphatic rings. The predicted molar refractivity (Wildman–Crippen MR) is 108 cm³/mol. The van der Waals surface area contributed by atoms with Crippen LogP contribution in [0.5, 0.6) is 0 Å². The van der Waals surface area contributed by atoms with Crippen LogP contribution in [0.15, 0.2) is 41.3 Å². The minimum Gasteiger partial charge on any atom is -0.349 e. The van der Waals surface area contributed by atoms with E-state index in [1.165, 1.54) is 17.0 Å². The zero-order valence-electron chi connectivity index (χ0n) is 16.0. The Balaban J connectivity index is 1.33. The molecule has 4 rings (SSSR count). The van der Waals surface area contributed by atoms with Gasteiger partial charge in [0.15, 0.2) is 0 Å². The van der Waals surface area contributed by atoms with Gasteiger partial charge in [-0.05, 0) is 55.7 Å². The quantitative estimate of drug-likeness (QED) is 0.758. The lowest BCUT2D eigenvalue weighted by molar-refractivity contribution is -0.122. The Morgan fingerprint density at radius 3 is 2.79 bits per heavy atom. The SMILES string of the molecule is Cc1ccc2c(c1)C(=O)N(CCCC(=O)NC1CCSc3ccc(F)cc31)C2=O. The van der Waals surface area contributed by atoms with E-state index >= 15 is 0 Å². The zero-order chi connectivity index (χ0) is 20.5. The molecule has 1 N–H and O–H groups in total. The van der Waals surface area contributed by atoms with E-state index < -0.39 is 0 Å². The van der Waals surface area contributed by atoms with Crippen molar-refractivity contribution in [2.75, 3.05) is 12.3 Å². The van der Waals surface area contributed by atoms with Crippen molar-refractivity contribution in [3.63, 3.8) is 0 Å². The minimum atomic E-state index is -0.314. The monoisotopic (exact) mass is 412 g/mol. The third-order valence-corrected chi connectivity index (χ3v) is 6.38. The van der Waals surface area contributed by atoms with Crippen LogP contribution in [0.25, 0.3) is 0 Å². The van der Waals surface area contributed by atoms with Gasteiger partial charge in [-0.3, -0.25) is 19.3 Å². The molecule has 0 saturated carbocycles. The van der Waals surface area contributed by atoms with Gasteiger partial charge >= 0.3 is 0 Å². The average Bonchev–Trinajstić information content (AvgIpc) is 2.92. The number of halogens is 1. The zero-order valence-corrected chi connectivity index (χ0v) is 16.9. The molecule has 5 nitrogen and oxygen atoms in total.